The molecule has 2 amide bonds. The third-order valence-corrected chi connectivity index (χ3v) is 5.19. The number of ether oxygens (including phenoxy) is 1. The summed E-state index contributed by atoms with van der Waals surface area (Å²) in [6, 6.07) is 20.5. The molecule has 6 heteroatoms. The summed E-state index contributed by atoms with van der Waals surface area (Å²) in [7, 11) is 0. The number of nitrogens with zero attached hydrogens (tertiary/aromatic N) is 1. The van der Waals surface area contributed by atoms with E-state index in [1.165, 1.54) is 6.26 Å². The number of benzene rings is 2. The first-order valence-electron chi connectivity index (χ1n) is 10.1. The fourth-order valence-electron chi connectivity index (χ4n) is 3.57. The Bertz CT molecular complexity index is 968. The Morgan fingerprint density at radius 1 is 1.00 bits per heavy atom. The van der Waals surface area contributed by atoms with Gasteiger partial charge < -0.3 is 19.4 Å². The minimum absolute atomic E-state index is 0.135. The van der Waals surface area contributed by atoms with Crippen molar-refractivity contribution in [1.82, 2.24) is 10.2 Å². The number of hydrogen-bond donors (Lipinski definition) is 1. The van der Waals surface area contributed by atoms with Crippen LogP contribution in [0.4, 0.5) is 0 Å². The van der Waals surface area contributed by atoms with Gasteiger partial charge in [-0.1, -0.05) is 42.5 Å². The molecule has 3 aromatic rings. The molecule has 1 atom stereocenters. The predicted molar refractivity (Wildman–Crippen MR) is 112 cm³/mol. The van der Waals surface area contributed by atoms with Crippen LogP contribution in [0, 0.1) is 0 Å². The molecule has 0 spiro atoms. The number of likely N-dealkylation sites (tertiary alicyclic amines) is 1. The molecule has 0 saturated carbocycles. The van der Waals surface area contributed by atoms with Crippen LogP contribution in [0.5, 0.6) is 5.75 Å². The van der Waals surface area contributed by atoms with Gasteiger partial charge in [-0.3, -0.25) is 9.59 Å². The summed E-state index contributed by atoms with van der Waals surface area (Å²) in [4.78, 5) is 26.8. The molecule has 4 rings (SSSR count). The Kier molecular flexibility index (Phi) is 6.13. The number of nitrogens with one attached hydrogen (secondary N) is 1. The number of hydrogen-bond acceptors (Lipinski definition) is 4. The lowest BCUT2D eigenvalue weighted by Gasteiger charge is -2.23. The molecule has 0 aliphatic carbocycles. The summed E-state index contributed by atoms with van der Waals surface area (Å²) in [6.07, 6.45) is 2.93. The van der Waals surface area contributed by atoms with Gasteiger partial charge in [-0.05, 0) is 48.2 Å². The van der Waals surface area contributed by atoms with Crippen LogP contribution in [-0.4, -0.2) is 29.3 Å². The third kappa shape index (κ3) is 4.71. The van der Waals surface area contributed by atoms with Crippen molar-refractivity contribution in [2.75, 3.05) is 6.54 Å². The zero-order chi connectivity index (χ0) is 20.8. The van der Waals surface area contributed by atoms with Crippen molar-refractivity contribution in [3.8, 4) is 5.75 Å². The van der Waals surface area contributed by atoms with E-state index >= 15 is 0 Å². The molecule has 1 aliphatic heterocycles. The number of para-hydroxylation sites is 1. The quantitative estimate of drug-likeness (QED) is 0.651. The second-order valence-corrected chi connectivity index (χ2v) is 7.27. The van der Waals surface area contributed by atoms with E-state index in [9.17, 15) is 9.59 Å². The van der Waals surface area contributed by atoms with E-state index in [0.29, 0.717) is 26.1 Å². The molecule has 6 nitrogen and oxygen atoms in total. The average molecular weight is 404 g/mol. The maximum absolute atomic E-state index is 12.7. The standard InChI is InChI=1S/C24H24N2O4/c27-23(21-8-4-14-26(21)24(28)22-9-5-15-29-22)25-16-18-10-12-19(13-11-18)17-30-20-6-2-1-3-7-20/h1-3,5-7,9-13,15,21H,4,8,14,16-17H2,(H,25,27)/t21-/m1/s1. The van der Waals surface area contributed by atoms with Gasteiger partial charge in [0.1, 0.15) is 18.4 Å². The smallest absolute Gasteiger partial charge is 0.290 e. The predicted octanol–water partition coefficient (Wildman–Crippen LogP) is 3.78. The van der Waals surface area contributed by atoms with Crippen LogP contribution in [0.25, 0.3) is 0 Å². The summed E-state index contributed by atoms with van der Waals surface area (Å²) < 4.78 is 10.9. The van der Waals surface area contributed by atoms with Crippen LogP contribution in [0.3, 0.4) is 0 Å². The first-order chi connectivity index (χ1) is 14.7. The number of carbonyl (C=O) groups excluding carboxylic acids is 2. The van der Waals surface area contributed by atoms with Crippen molar-refractivity contribution in [3.63, 3.8) is 0 Å². The SMILES string of the molecule is O=C(NCc1ccc(COc2ccccc2)cc1)[C@H]1CCCN1C(=O)c1ccco1. The average Bonchev–Trinajstić information content (AvgIpc) is 3.49. The van der Waals surface area contributed by atoms with E-state index in [4.69, 9.17) is 9.15 Å². The number of amides is 2. The van der Waals surface area contributed by atoms with Crippen molar-refractivity contribution in [2.45, 2.75) is 32.0 Å². The molecule has 0 bridgehead atoms. The van der Waals surface area contributed by atoms with Gasteiger partial charge in [-0.25, -0.2) is 0 Å². The van der Waals surface area contributed by atoms with Crippen LogP contribution in [0.1, 0.15) is 34.5 Å². The molecular formula is C24H24N2O4. The highest BCUT2D eigenvalue weighted by molar-refractivity contribution is 5.95. The fraction of sp³-hybridized carbons (Fsp3) is 0.250. The highest BCUT2D eigenvalue weighted by Crippen LogP contribution is 2.21. The van der Waals surface area contributed by atoms with Crippen molar-refractivity contribution < 1.29 is 18.7 Å². The van der Waals surface area contributed by atoms with Gasteiger partial charge in [0.05, 0.1) is 6.26 Å². The maximum atomic E-state index is 12.7. The van der Waals surface area contributed by atoms with E-state index in [1.807, 2.05) is 54.6 Å². The zero-order valence-corrected chi connectivity index (χ0v) is 16.6. The largest absolute Gasteiger partial charge is 0.489 e. The molecule has 1 aromatic heterocycles. The van der Waals surface area contributed by atoms with Crippen molar-refractivity contribution in [3.05, 3.63) is 89.9 Å². The van der Waals surface area contributed by atoms with Gasteiger partial charge in [0.2, 0.25) is 5.91 Å². The fourth-order valence-corrected chi connectivity index (χ4v) is 3.57. The molecule has 30 heavy (non-hydrogen) atoms. The Labute approximate surface area is 175 Å². The molecule has 1 fully saturated rings. The van der Waals surface area contributed by atoms with E-state index in [0.717, 1.165) is 23.3 Å². The van der Waals surface area contributed by atoms with Crippen LogP contribution in [0.2, 0.25) is 0 Å². The topological polar surface area (TPSA) is 71.8 Å². The van der Waals surface area contributed by atoms with Gasteiger partial charge in [0, 0.05) is 13.1 Å². The number of carbonyl (C=O) groups is 2. The molecule has 1 N–H and O–H groups in total. The van der Waals surface area contributed by atoms with E-state index in [1.54, 1.807) is 17.0 Å². The van der Waals surface area contributed by atoms with E-state index in [2.05, 4.69) is 5.32 Å². The minimum Gasteiger partial charge on any atom is -0.489 e. The summed E-state index contributed by atoms with van der Waals surface area (Å²) in [5.74, 6) is 0.728. The zero-order valence-electron chi connectivity index (χ0n) is 16.6. The summed E-state index contributed by atoms with van der Waals surface area (Å²) in [5.41, 5.74) is 2.05. The highest BCUT2D eigenvalue weighted by atomic mass is 16.5. The van der Waals surface area contributed by atoms with Gasteiger partial charge in [-0.15, -0.1) is 0 Å². The van der Waals surface area contributed by atoms with Crippen LogP contribution in [0.15, 0.2) is 77.4 Å². The van der Waals surface area contributed by atoms with Crippen molar-refractivity contribution >= 4 is 11.8 Å². The lowest BCUT2D eigenvalue weighted by atomic mass is 10.1. The van der Waals surface area contributed by atoms with Crippen molar-refractivity contribution in [1.29, 1.82) is 0 Å². The maximum Gasteiger partial charge on any atom is 0.290 e. The van der Waals surface area contributed by atoms with Crippen LogP contribution >= 0.6 is 0 Å². The highest BCUT2D eigenvalue weighted by Gasteiger charge is 2.35. The Balaban J connectivity index is 1.28. The monoisotopic (exact) mass is 404 g/mol. The Hall–Kier alpha value is -3.54. The molecule has 0 unspecified atom stereocenters. The third-order valence-electron chi connectivity index (χ3n) is 5.19. The Morgan fingerprint density at radius 2 is 1.77 bits per heavy atom. The normalized spacial score (nSPS) is 15.7. The number of rotatable bonds is 7. The van der Waals surface area contributed by atoms with Gasteiger partial charge in [0.25, 0.3) is 5.91 Å². The molecule has 0 radical (unpaired) electrons. The van der Waals surface area contributed by atoms with Gasteiger partial charge in [0.15, 0.2) is 5.76 Å². The van der Waals surface area contributed by atoms with Crippen LogP contribution in [-0.2, 0) is 17.9 Å². The molecule has 2 aromatic carbocycles. The van der Waals surface area contributed by atoms with E-state index in [-0.39, 0.29) is 17.6 Å². The molecular weight excluding hydrogens is 380 g/mol. The van der Waals surface area contributed by atoms with E-state index < -0.39 is 6.04 Å². The summed E-state index contributed by atoms with van der Waals surface area (Å²) in [6.45, 7) is 1.47. The number of furan rings is 1. The first-order valence-corrected chi connectivity index (χ1v) is 10.1. The molecule has 1 aliphatic rings. The van der Waals surface area contributed by atoms with Gasteiger partial charge >= 0.3 is 0 Å². The lowest BCUT2D eigenvalue weighted by molar-refractivity contribution is -0.125. The molecule has 154 valence electrons. The molecule has 2 heterocycles. The first kappa shape index (κ1) is 19.8. The minimum atomic E-state index is -0.457. The second-order valence-electron chi connectivity index (χ2n) is 7.27. The molecule has 1 saturated heterocycles. The lowest BCUT2D eigenvalue weighted by Crippen LogP contribution is -2.45. The summed E-state index contributed by atoms with van der Waals surface area (Å²) in [5, 5.41) is 2.95. The summed E-state index contributed by atoms with van der Waals surface area (Å²) >= 11 is 0. The van der Waals surface area contributed by atoms with Crippen molar-refractivity contribution in [2.24, 2.45) is 0 Å². The second kappa shape index (κ2) is 9.31. The van der Waals surface area contributed by atoms with Gasteiger partial charge in [-0.2, -0.15) is 0 Å². The Morgan fingerprint density at radius 3 is 2.50 bits per heavy atom. The van der Waals surface area contributed by atoms with Crippen LogP contribution < -0.4 is 10.1 Å².